The van der Waals surface area contributed by atoms with Gasteiger partial charge in [-0.2, -0.15) is 8.78 Å². The summed E-state index contributed by atoms with van der Waals surface area (Å²) in [5.74, 6) is -2.97. The molecule has 3 rings (SSSR count). The Bertz CT molecular complexity index is 768. The second kappa shape index (κ2) is 7.83. The number of carbonyl (C=O) groups is 1. The van der Waals surface area contributed by atoms with E-state index in [4.69, 9.17) is 0 Å². The fraction of sp³-hybridized carbons (Fsp3) is 0.333. The normalized spacial score (nSPS) is 15.7. The van der Waals surface area contributed by atoms with Crippen molar-refractivity contribution in [3.05, 3.63) is 58.2 Å². The van der Waals surface area contributed by atoms with E-state index in [2.05, 4.69) is 38.4 Å². The van der Waals surface area contributed by atoms with Gasteiger partial charge in [0.05, 0.1) is 5.56 Å². The Morgan fingerprint density at radius 2 is 2.12 bits per heavy atom. The first-order valence-electron chi connectivity index (χ1n) is 7.94. The molecule has 1 saturated carbocycles. The van der Waals surface area contributed by atoms with E-state index in [0.29, 0.717) is 18.3 Å². The summed E-state index contributed by atoms with van der Waals surface area (Å²) < 4.78 is 26.3. The largest absolute Gasteiger partial charge is 0.351 e. The molecule has 1 aromatic carbocycles. The standard InChI is InChI=1S/C18H17BrF2N2OS/c19-13-5-1-4-12(10-13)18(7-3-8-18)11-23-15(24)14-6-2-9-22-16(14)25-17(20)21/h1-2,4-6,9-10,17H,3,7-8,11H2,(H,23,24). The van der Waals surface area contributed by atoms with Crippen LogP contribution in [-0.2, 0) is 5.41 Å². The first-order chi connectivity index (χ1) is 12.0. The number of rotatable bonds is 6. The molecule has 25 heavy (non-hydrogen) atoms. The molecule has 1 fully saturated rings. The SMILES string of the molecule is O=C(NCC1(c2cccc(Br)c2)CCC1)c1cccnc1SC(F)F. The van der Waals surface area contributed by atoms with Gasteiger partial charge in [-0.3, -0.25) is 4.79 Å². The van der Waals surface area contributed by atoms with Gasteiger partial charge in [-0.05, 0) is 54.4 Å². The molecule has 3 nitrogen and oxygen atoms in total. The summed E-state index contributed by atoms with van der Waals surface area (Å²) in [5.41, 5.74) is 1.29. The number of carbonyl (C=O) groups excluding carboxylic acids is 1. The molecule has 7 heteroatoms. The Morgan fingerprint density at radius 3 is 2.76 bits per heavy atom. The van der Waals surface area contributed by atoms with Crippen LogP contribution in [0.4, 0.5) is 8.78 Å². The van der Waals surface area contributed by atoms with E-state index in [9.17, 15) is 13.6 Å². The molecule has 1 amide bonds. The van der Waals surface area contributed by atoms with Crippen LogP contribution in [0.5, 0.6) is 0 Å². The average Bonchev–Trinajstić information content (AvgIpc) is 2.53. The molecule has 1 aliphatic carbocycles. The predicted octanol–water partition coefficient (Wildman–Crippen LogP) is 5.01. The van der Waals surface area contributed by atoms with Crippen molar-refractivity contribution >= 4 is 33.6 Å². The van der Waals surface area contributed by atoms with Gasteiger partial charge < -0.3 is 5.32 Å². The molecule has 0 saturated heterocycles. The molecule has 1 aliphatic rings. The molecule has 1 heterocycles. The Balaban J connectivity index is 1.74. The molecule has 0 aliphatic heterocycles. The molecule has 1 aromatic heterocycles. The number of thioether (sulfide) groups is 1. The van der Waals surface area contributed by atoms with E-state index in [1.54, 1.807) is 6.07 Å². The number of amides is 1. The quantitative estimate of drug-likeness (QED) is 0.659. The zero-order valence-electron chi connectivity index (χ0n) is 13.3. The smallest absolute Gasteiger partial charge is 0.290 e. The van der Waals surface area contributed by atoms with Crippen molar-refractivity contribution in [2.24, 2.45) is 0 Å². The highest BCUT2D eigenvalue weighted by atomic mass is 79.9. The van der Waals surface area contributed by atoms with Crippen molar-refractivity contribution in [1.82, 2.24) is 10.3 Å². The Hall–Kier alpha value is -1.47. The van der Waals surface area contributed by atoms with Gasteiger partial charge in [-0.1, -0.05) is 34.5 Å². The van der Waals surface area contributed by atoms with E-state index in [1.165, 1.54) is 17.8 Å². The number of aromatic nitrogens is 1. The molecular weight excluding hydrogens is 410 g/mol. The lowest BCUT2D eigenvalue weighted by Crippen LogP contribution is -2.45. The van der Waals surface area contributed by atoms with Crippen molar-refractivity contribution in [1.29, 1.82) is 0 Å². The number of halogens is 3. The second-order valence-corrected chi connectivity index (χ2v) is 7.96. The third-order valence-corrected chi connectivity index (χ3v) is 5.77. The fourth-order valence-electron chi connectivity index (χ4n) is 3.08. The van der Waals surface area contributed by atoms with Gasteiger partial charge in [-0.25, -0.2) is 4.98 Å². The minimum Gasteiger partial charge on any atom is -0.351 e. The first kappa shape index (κ1) is 18.3. The molecule has 0 radical (unpaired) electrons. The van der Waals surface area contributed by atoms with E-state index < -0.39 is 5.76 Å². The number of hydrogen-bond donors (Lipinski definition) is 1. The predicted molar refractivity (Wildman–Crippen MR) is 98.1 cm³/mol. The van der Waals surface area contributed by atoms with Crippen molar-refractivity contribution in [3.8, 4) is 0 Å². The number of hydrogen-bond acceptors (Lipinski definition) is 3. The number of alkyl halides is 2. The zero-order chi connectivity index (χ0) is 17.9. The molecule has 0 unspecified atom stereocenters. The van der Waals surface area contributed by atoms with Crippen molar-refractivity contribution in [2.45, 2.75) is 35.5 Å². The minimum absolute atomic E-state index is 0.0557. The molecule has 132 valence electrons. The van der Waals surface area contributed by atoms with Crippen LogP contribution in [0.25, 0.3) is 0 Å². The van der Waals surface area contributed by atoms with Gasteiger partial charge in [0, 0.05) is 22.6 Å². The van der Waals surface area contributed by atoms with Crippen LogP contribution in [0.2, 0.25) is 0 Å². The van der Waals surface area contributed by atoms with Crippen LogP contribution in [0, 0.1) is 0 Å². The molecular formula is C18H17BrF2N2OS. The minimum atomic E-state index is -2.61. The van der Waals surface area contributed by atoms with Gasteiger partial charge >= 0.3 is 0 Å². The van der Waals surface area contributed by atoms with Gasteiger partial charge in [0.1, 0.15) is 5.03 Å². The maximum atomic E-state index is 12.6. The summed E-state index contributed by atoms with van der Waals surface area (Å²) in [5, 5.41) is 2.98. The van der Waals surface area contributed by atoms with Crippen LogP contribution in [0.1, 0.15) is 35.2 Å². The van der Waals surface area contributed by atoms with E-state index >= 15 is 0 Å². The highest BCUT2D eigenvalue weighted by molar-refractivity contribution is 9.10. The lowest BCUT2D eigenvalue weighted by atomic mass is 9.64. The average molecular weight is 427 g/mol. The van der Waals surface area contributed by atoms with Gasteiger partial charge in [0.25, 0.3) is 11.7 Å². The lowest BCUT2D eigenvalue weighted by molar-refractivity contribution is 0.0924. The van der Waals surface area contributed by atoms with Crippen LogP contribution in [0.15, 0.2) is 52.1 Å². The summed E-state index contributed by atoms with van der Waals surface area (Å²) in [4.78, 5) is 16.4. The number of nitrogens with zero attached hydrogens (tertiary/aromatic N) is 1. The van der Waals surface area contributed by atoms with E-state index in [1.807, 2.05) is 12.1 Å². The topological polar surface area (TPSA) is 42.0 Å². The number of benzene rings is 1. The summed E-state index contributed by atoms with van der Waals surface area (Å²) in [6, 6.07) is 11.2. The Kier molecular flexibility index (Phi) is 5.74. The summed E-state index contributed by atoms with van der Waals surface area (Å²) in [6.45, 7) is 0.482. The van der Waals surface area contributed by atoms with Crippen LogP contribution in [0.3, 0.4) is 0 Å². The van der Waals surface area contributed by atoms with Crippen LogP contribution < -0.4 is 5.32 Å². The first-order valence-corrected chi connectivity index (χ1v) is 9.61. The summed E-state index contributed by atoms with van der Waals surface area (Å²) >= 11 is 3.78. The van der Waals surface area contributed by atoms with Gasteiger partial charge in [0.15, 0.2) is 0 Å². The summed E-state index contributed by atoms with van der Waals surface area (Å²) in [7, 11) is 0. The zero-order valence-corrected chi connectivity index (χ0v) is 15.7. The molecule has 2 aromatic rings. The van der Waals surface area contributed by atoms with Crippen LogP contribution in [-0.4, -0.2) is 23.2 Å². The van der Waals surface area contributed by atoms with Crippen LogP contribution >= 0.6 is 27.7 Å². The van der Waals surface area contributed by atoms with E-state index in [0.717, 1.165) is 23.7 Å². The third kappa shape index (κ3) is 4.20. The van der Waals surface area contributed by atoms with Crippen molar-refractivity contribution in [3.63, 3.8) is 0 Å². The maximum absolute atomic E-state index is 12.6. The summed E-state index contributed by atoms with van der Waals surface area (Å²) in [6.07, 6.45) is 4.52. The monoisotopic (exact) mass is 426 g/mol. The molecule has 0 bridgehead atoms. The van der Waals surface area contributed by atoms with Gasteiger partial charge in [0.2, 0.25) is 0 Å². The van der Waals surface area contributed by atoms with Gasteiger partial charge in [-0.15, -0.1) is 0 Å². The number of nitrogens with one attached hydrogen (secondary N) is 1. The third-order valence-electron chi connectivity index (χ3n) is 4.55. The lowest BCUT2D eigenvalue weighted by Gasteiger charge is -2.42. The Labute approximate surface area is 157 Å². The van der Waals surface area contributed by atoms with E-state index in [-0.39, 0.29) is 21.9 Å². The molecule has 1 N–H and O–H groups in total. The van der Waals surface area contributed by atoms with Crippen molar-refractivity contribution < 1.29 is 13.6 Å². The maximum Gasteiger partial charge on any atom is 0.290 e. The number of pyridine rings is 1. The molecule has 0 atom stereocenters. The highest BCUT2D eigenvalue weighted by Crippen LogP contribution is 2.43. The molecule has 0 spiro atoms. The van der Waals surface area contributed by atoms with Crippen molar-refractivity contribution in [2.75, 3.05) is 6.54 Å². The fourth-order valence-corrected chi connectivity index (χ4v) is 4.05. The second-order valence-electron chi connectivity index (χ2n) is 6.06. The Morgan fingerprint density at radius 1 is 1.32 bits per heavy atom. The highest BCUT2D eigenvalue weighted by Gasteiger charge is 2.39.